The van der Waals surface area contributed by atoms with Crippen molar-refractivity contribution in [3.63, 3.8) is 0 Å². The zero-order chi connectivity index (χ0) is 21.0. The van der Waals surface area contributed by atoms with Crippen LogP contribution < -0.4 is 4.18 Å². The van der Waals surface area contributed by atoms with E-state index >= 15 is 0 Å². The Balaban J connectivity index is 1.72. The third kappa shape index (κ3) is 4.92. The molecule has 1 fully saturated rings. The summed E-state index contributed by atoms with van der Waals surface area (Å²) in [5.74, 6) is 0.449. The summed E-state index contributed by atoms with van der Waals surface area (Å²) in [7, 11) is -4.23. The van der Waals surface area contributed by atoms with Crippen molar-refractivity contribution in [2.75, 3.05) is 13.1 Å². The van der Waals surface area contributed by atoms with Crippen molar-refractivity contribution in [3.05, 3.63) is 64.2 Å². The van der Waals surface area contributed by atoms with Gasteiger partial charge < -0.3 is 9.08 Å². The van der Waals surface area contributed by atoms with Crippen LogP contribution in [0.3, 0.4) is 0 Å². The van der Waals surface area contributed by atoms with Crippen LogP contribution in [-0.2, 0) is 10.1 Å². The second-order valence-corrected chi connectivity index (χ2v) is 8.53. The third-order valence-corrected chi connectivity index (χ3v) is 6.25. The number of nitrogens with zero attached hydrogens (tertiary/aromatic N) is 2. The average Bonchev–Trinajstić information content (AvgIpc) is 2.73. The molecule has 0 radical (unpaired) electrons. The summed E-state index contributed by atoms with van der Waals surface area (Å²) in [6.07, 6.45) is 3.14. The van der Waals surface area contributed by atoms with E-state index in [1.54, 1.807) is 0 Å². The number of carbonyl (C=O) groups is 1. The SMILES string of the molecule is CCC1CCCN(C(=O)c2ccc(OS(=O)(=O)c3cccc([N+](=O)[O-])c3)cc2)C1. The molecule has 1 saturated heterocycles. The number of rotatable bonds is 6. The van der Waals surface area contributed by atoms with Crippen molar-refractivity contribution in [2.45, 2.75) is 31.1 Å². The molecule has 1 aliphatic rings. The molecule has 154 valence electrons. The number of nitro groups is 1. The number of carbonyl (C=O) groups excluding carboxylic acids is 1. The molecule has 0 aliphatic carbocycles. The van der Waals surface area contributed by atoms with Crippen molar-refractivity contribution < 1.29 is 22.3 Å². The maximum Gasteiger partial charge on any atom is 0.339 e. The monoisotopic (exact) mass is 418 g/mol. The van der Waals surface area contributed by atoms with Gasteiger partial charge >= 0.3 is 10.1 Å². The first kappa shape index (κ1) is 20.8. The summed E-state index contributed by atoms with van der Waals surface area (Å²) in [6.45, 7) is 3.57. The van der Waals surface area contributed by atoms with Crippen molar-refractivity contribution in [1.29, 1.82) is 0 Å². The average molecular weight is 418 g/mol. The highest BCUT2D eigenvalue weighted by atomic mass is 32.2. The van der Waals surface area contributed by atoms with E-state index in [-0.39, 0.29) is 22.2 Å². The molecule has 29 heavy (non-hydrogen) atoms. The van der Waals surface area contributed by atoms with E-state index in [2.05, 4.69) is 6.92 Å². The Morgan fingerprint density at radius 3 is 2.62 bits per heavy atom. The van der Waals surface area contributed by atoms with Crippen molar-refractivity contribution in [3.8, 4) is 5.75 Å². The molecule has 0 spiro atoms. The lowest BCUT2D eigenvalue weighted by molar-refractivity contribution is -0.385. The summed E-state index contributed by atoms with van der Waals surface area (Å²) < 4.78 is 29.8. The van der Waals surface area contributed by atoms with E-state index in [9.17, 15) is 23.3 Å². The van der Waals surface area contributed by atoms with Crippen LogP contribution >= 0.6 is 0 Å². The molecule has 2 aromatic carbocycles. The van der Waals surface area contributed by atoms with Crippen LogP contribution in [0, 0.1) is 16.0 Å². The van der Waals surface area contributed by atoms with Gasteiger partial charge in [-0.3, -0.25) is 14.9 Å². The molecule has 1 amide bonds. The third-order valence-electron chi connectivity index (χ3n) is 5.01. The Morgan fingerprint density at radius 2 is 1.97 bits per heavy atom. The topological polar surface area (TPSA) is 107 Å². The Bertz CT molecular complexity index is 1000. The van der Waals surface area contributed by atoms with Gasteiger partial charge in [-0.05, 0) is 49.1 Å². The second-order valence-electron chi connectivity index (χ2n) is 6.98. The van der Waals surface area contributed by atoms with E-state index in [0.717, 1.165) is 38.4 Å². The molecule has 1 aliphatic heterocycles. The molecule has 0 aromatic heterocycles. The normalized spacial score (nSPS) is 17.0. The number of hydrogen-bond acceptors (Lipinski definition) is 6. The lowest BCUT2D eigenvalue weighted by Gasteiger charge is -2.32. The van der Waals surface area contributed by atoms with Gasteiger partial charge in [0.1, 0.15) is 10.6 Å². The Hall–Kier alpha value is -2.94. The first-order valence-electron chi connectivity index (χ1n) is 9.38. The molecule has 1 heterocycles. The minimum atomic E-state index is -4.23. The fraction of sp³-hybridized carbons (Fsp3) is 0.350. The molecule has 0 N–H and O–H groups in total. The summed E-state index contributed by atoms with van der Waals surface area (Å²) in [6, 6.07) is 10.5. The van der Waals surface area contributed by atoms with Crippen LogP contribution in [0.1, 0.15) is 36.5 Å². The van der Waals surface area contributed by atoms with Crippen molar-refractivity contribution in [1.82, 2.24) is 4.90 Å². The van der Waals surface area contributed by atoms with E-state index in [1.807, 2.05) is 4.90 Å². The molecule has 8 nitrogen and oxygen atoms in total. The predicted molar refractivity (Wildman–Crippen MR) is 106 cm³/mol. The van der Waals surface area contributed by atoms with Crippen LogP contribution in [0.4, 0.5) is 5.69 Å². The minimum Gasteiger partial charge on any atom is -0.379 e. The number of piperidine rings is 1. The lowest BCUT2D eigenvalue weighted by Crippen LogP contribution is -2.39. The molecule has 0 bridgehead atoms. The van der Waals surface area contributed by atoms with E-state index < -0.39 is 15.0 Å². The van der Waals surface area contributed by atoms with E-state index in [0.29, 0.717) is 11.5 Å². The Morgan fingerprint density at radius 1 is 1.24 bits per heavy atom. The Labute approximate surface area is 169 Å². The molecule has 3 rings (SSSR count). The van der Waals surface area contributed by atoms with E-state index in [1.165, 1.54) is 42.5 Å². The highest BCUT2D eigenvalue weighted by Gasteiger charge is 2.24. The molecular weight excluding hydrogens is 396 g/mol. The Kier molecular flexibility index (Phi) is 6.17. The maximum atomic E-state index is 12.7. The molecule has 1 unspecified atom stereocenters. The number of amides is 1. The van der Waals surface area contributed by atoms with Gasteiger partial charge in [-0.1, -0.05) is 19.4 Å². The fourth-order valence-corrected chi connectivity index (χ4v) is 4.32. The highest BCUT2D eigenvalue weighted by molar-refractivity contribution is 7.87. The van der Waals surface area contributed by atoms with Crippen LogP contribution in [-0.4, -0.2) is 37.2 Å². The summed E-state index contributed by atoms with van der Waals surface area (Å²) >= 11 is 0. The highest BCUT2D eigenvalue weighted by Crippen LogP contribution is 2.24. The molecular formula is C20H22N2O6S. The van der Waals surface area contributed by atoms with Gasteiger partial charge in [-0.15, -0.1) is 0 Å². The standard InChI is InChI=1S/C20H22N2O6S/c1-2-15-5-4-12-21(14-15)20(23)16-8-10-18(11-9-16)28-29(26,27)19-7-3-6-17(13-19)22(24)25/h3,6-11,13,15H,2,4-5,12,14H2,1H3. The predicted octanol–water partition coefficient (Wildman–Crippen LogP) is 3.62. The van der Waals surface area contributed by atoms with Crippen LogP contribution in [0.5, 0.6) is 5.75 Å². The summed E-state index contributed by atoms with van der Waals surface area (Å²) in [4.78, 5) is 24.4. The maximum absolute atomic E-state index is 12.7. The number of hydrogen-bond donors (Lipinski definition) is 0. The summed E-state index contributed by atoms with van der Waals surface area (Å²) in [5, 5.41) is 10.8. The summed E-state index contributed by atoms with van der Waals surface area (Å²) in [5.41, 5.74) is 0.115. The van der Waals surface area contributed by atoms with Gasteiger partial charge in [0, 0.05) is 30.8 Å². The molecule has 9 heteroatoms. The van der Waals surface area contributed by atoms with Crippen LogP contribution in [0.15, 0.2) is 53.4 Å². The zero-order valence-electron chi connectivity index (χ0n) is 16.0. The lowest BCUT2D eigenvalue weighted by atomic mass is 9.95. The number of benzene rings is 2. The first-order valence-corrected chi connectivity index (χ1v) is 10.8. The van der Waals surface area contributed by atoms with Gasteiger partial charge in [0.2, 0.25) is 0 Å². The quantitative estimate of drug-likeness (QED) is 0.403. The molecule has 1 atom stereocenters. The number of likely N-dealkylation sites (tertiary alicyclic amines) is 1. The number of nitro benzene ring substituents is 1. The van der Waals surface area contributed by atoms with Gasteiger partial charge in [0.25, 0.3) is 11.6 Å². The van der Waals surface area contributed by atoms with Gasteiger partial charge in [0.15, 0.2) is 0 Å². The molecule has 2 aromatic rings. The smallest absolute Gasteiger partial charge is 0.339 e. The van der Waals surface area contributed by atoms with Crippen LogP contribution in [0.2, 0.25) is 0 Å². The minimum absolute atomic E-state index is 0.0261. The fourth-order valence-electron chi connectivity index (χ4n) is 3.35. The van der Waals surface area contributed by atoms with Crippen molar-refractivity contribution >= 4 is 21.7 Å². The van der Waals surface area contributed by atoms with E-state index in [4.69, 9.17) is 4.18 Å². The van der Waals surface area contributed by atoms with Crippen molar-refractivity contribution in [2.24, 2.45) is 5.92 Å². The number of non-ortho nitro benzene ring substituents is 1. The zero-order valence-corrected chi connectivity index (χ0v) is 16.8. The first-order chi connectivity index (χ1) is 13.8. The van der Waals surface area contributed by atoms with Gasteiger partial charge in [0.05, 0.1) is 4.92 Å². The molecule has 0 saturated carbocycles. The van der Waals surface area contributed by atoms with Gasteiger partial charge in [-0.2, -0.15) is 8.42 Å². The van der Waals surface area contributed by atoms with Gasteiger partial charge in [-0.25, -0.2) is 0 Å². The largest absolute Gasteiger partial charge is 0.379 e. The van der Waals surface area contributed by atoms with Crippen LogP contribution in [0.25, 0.3) is 0 Å². The second kappa shape index (κ2) is 8.60.